The summed E-state index contributed by atoms with van der Waals surface area (Å²) in [5.74, 6) is 0.898. The third-order valence-electron chi connectivity index (χ3n) is 8.19. The summed E-state index contributed by atoms with van der Waals surface area (Å²) < 4.78 is 23.5. The Balaban J connectivity index is 1.25. The van der Waals surface area contributed by atoms with Crippen LogP contribution >= 0.6 is 0 Å². The summed E-state index contributed by atoms with van der Waals surface area (Å²) in [6.07, 6.45) is 4.89. The molecule has 2 aliphatic rings. The monoisotopic (exact) mass is 598 g/mol. The van der Waals surface area contributed by atoms with Crippen LogP contribution in [0, 0.1) is 11.8 Å². The number of benzene rings is 2. The molecule has 1 fully saturated rings. The molecule has 4 aromatic rings. The fourth-order valence-corrected chi connectivity index (χ4v) is 5.86. The van der Waals surface area contributed by atoms with Gasteiger partial charge in [0.05, 0.1) is 37.2 Å². The fourth-order valence-electron chi connectivity index (χ4n) is 5.86. The van der Waals surface area contributed by atoms with Gasteiger partial charge in [0.2, 0.25) is 12.7 Å². The third kappa shape index (κ3) is 6.50. The first-order valence-corrected chi connectivity index (χ1v) is 15.2. The maximum atomic E-state index is 13.3. The first-order chi connectivity index (χ1) is 21.5. The van der Waals surface area contributed by atoms with Gasteiger partial charge >= 0.3 is 5.97 Å². The summed E-state index contributed by atoms with van der Waals surface area (Å²) in [5.41, 5.74) is 4.53. The Morgan fingerprint density at radius 1 is 1.09 bits per heavy atom. The molecule has 2 aromatic carbocycles. The highest BCUT2D eigenvalue weighted by Gasteiger charge is 2.30. The van der Waals surface area contributed by atoms with Gasteiger partial charge in [-0.15, -0.1) is 0 Å². The Hall–Kier alpha value is -4.57. The molecule has 0 radical (unpaired) electrons. The molecule has 1 amide bonds. The molecule has 44 heavy (non-hydrogen) atoms. The summed E-state index contributed by atoms with van der Waals surface area (Å²) in [4.78, 5) is 31.3. The van der Waals surface area contributed by atoms with E-state index in [1.54, 1.807) is 6.20 Å². The summed E-state index contributed by atoms with van der Waals surface area (Å²) >= 11 is 0. The molecule has 10 heteroatoms. The van der Waals surface area contributed by atoms with E-state index in [0.29, 0.717) is 61.1 Å². The minimum absolute atomic E-state index is 0.174. The molecule has 2 aliphatic heterocycles. The van der Waals surface area contributed by atoms with Gasteiger partial charge in [0, 0.05) is 25.1 Å². The number of hydrogen-bond acceptors (Lipinski definition) is 8. The highest BCUT2D eigenvalue weighted by molar-refractivity contribution is 6.11. The molecule has 230 valence electrons. The number of amides is 1. The van der Waals surface area contributed by atoms with Gasteiger partial charge < -0.3 is 34.1 Å². The molecular weight excluding hydrogens is 560 g/mol. The number of nitrogens with one attached hydrogen (secondary N) is 2. The molecule has 6 rings (SSSR count). The van der Waals surface area contributed by atoms with E-state index in [0.717, 1.165) is 36.4 Å². The van der Waals surface area contributed by atoms with Crippen molar-refractivity contribution in [2.24, 2.45) is 11.8 Å². The van der Waals surface area contributed by atoms with E-state index in [1.807, 2.05) is 41.0 Å². The number of rotatable bonds is 12. The first-order valence-electron chi connectivity index (χ1n) is 15.2. The number of pyridine rings is 1. The van der Waals surface area contributed by atoms with Gasteiger partial charge in [-0.05, 0) is 60.9 Å². The van der Waals surface area contributed by atoms with Gasteiger partial charge in [0.25, 0.3) is 0 Å². The Kier molecular flexibility index (Phi) is 8.97. The lowest BCUT2D eigenvalue weighted by atomic mass is 10.0. The van der Waals surface area contributed by atoms with E-state index in [-0.39, 0.29) is 18.6 Å². The number of hydrogen-bond donors (Lipinski definition) is 2. The van der Waals surface area contributed by atoms with Crippen LogP contribution in [0.2, 0.25) is 0 Å². The summed E-state index contributed by atoms with van der Waals surface area (Å²) in [6, 6.07) is 18.2. The Bertz CT molecular complexity index is 1630. The number of aryl methyl sites for hydroxylation is 2. The van der Waals surface area contributed by atoms with E-state index in [2.05, 4.69) is 35.8 Å². The SMILES string of the molecule is COC(=O)c1c(NC(=O)[C@H]2CCOC2)c2cc(NC[C@H](C)Cc3ccc4c(c3)OCO4)cnc2n1CCCc1ccccc1. The molecule has 0 unspecified atom stereocenters. The standard InChI is InChI=1S/C34H38N4O6/c1-22(15-24-10-11-28-29(16-24)44-21-43-28)18-35-26-17-27-30(37-33(39)25-12-14-42-20-25)31(34(40)41-2)38(32(27)36-19-26)13-6-9-23-7-4-3-5-8-23/h3-5,7-8,10-11,16-17,19,22,25,35H,6,9,12-15,18,20-21H2,1-2H3,(H,37,39)/t22-,25+/m1/s1. The van der Waals surface area contributed by atoms with Gasteiger partial charge in [0.15, 0.2) is 17.2 Å². The predicted molar refractivity (Wildman–Crippen MR) is 167 cm³/mol. The zero-order valence-electron chi connectivity index (χ0n) is 25.1. The van der Waals surface area contributed by atoms with Crippen molar-refractivity contribution in [1.29, 1.82) is 0 Å². The molecule has 0 bridgehead atoms. The minimum atomic E-state index is -0.521. The zero-order valence-corrected chi connectivity index (χ0v) is 25.1. The van der Waals surface area contributed by atoms with E-state index in [4.69, 9.17) is 23.9 Å². The largest absolute Gasteiger partial charge is 0.464 e. The summed E-state index contributed by atoms with van der Waals surface area (Å²) in [5, 5.41) is 7.24. The second-order valence-corrected chi connectivity index (χ2v) is 11.5. The van der Waals surface area contributed by atoms with Crippen LogP contribution < -0.4 is 20.1 Å². The van der Waals surface area contributed by atoms with E-state index < -0.39 is 5.97 Å². The van der Waals surface area contributed by atoms with Gasteiger partial charge in [-0.2, -0.15) is 0 Å². The van der Waals surface area contributed by atoms with Crippen LogP contribution in [0.5, 0.6) is 11.5 Å². The van der Waals surface area contributed by atoms with Gasteiger partial charge in [0.1, 0.15) is 5.65 Å². The quantitative estimate of drug-likeness (QED) is 0.207. The van der Waals surface area contributed by atoms with Crippen molar-refractivity contribution < 1.29 is 28.5 Å². The highest BCUT2D eigenvalue weighted by Crippen LogP contribution is 2.35. The van der Waals surface area contributed by atoms with Crippen LogP contribution in [-0.4, -0.2) is 55.1 Å². The maximum Gasteiger partial charge on any atom is 0.356 e. The van der Waals surface area contributed by atoms with Crippen LogP contribution in [0.1, 0.15) is 41.4 Å². The average Bonchev–Trinajstić information content (AvgIpc) is 3.80. The number of methoxy groups -OCH3 is 1. The fraction of sp³-hybridized carbons (Fsp3) is 0.382. The number of fused-ring (bicyclic) bond motifs is 2. The van der Waals surface area contributed by atoms with E-state index in [1.165, 1.54) is 18.2 Å². The van der Waals surface area contributed by atoms with Gasteiger partial charge in [-0.1, -0.05) is 43.3 Å². The maximum absolute atomic E-state index is 13.3. The number of ether oxygens (including phenoxy) is 4. The van der Waals surface area contributed by atoms with E-state index >= 15 is 0 Å². The number of nitrogens with zero attached hydrogens (tertiary/aromatic N) is 2. The van der Waals surface area contributed by atoms with Crippen molar-refractivity contribution in [3.05, 3.63) is 77.6 Å². The lowest BCUT2D eigenvalue weighted by Crippen LogP contribution is -2.24. The lowest BCUT2D eigenvalue weighted by molar-refractivity contribution is -0.119. The Morgan fingerprint density at radius 3 is 2.73 bits per heavy atom. The Morgan fingerprint density at radius 2 is 1.93 bits per heavy atom. The minimum Gasteiger partial charge on any atom is -0.464 e. The van der Waals surface area contributed by atoms with Crippen molar-refractivity contribution in [1.82, 2.24) is 9.55 Å². The molecule has 2 atom stereocenters. The number of carbonyl (C=O) groups excluding carboxylic acids is 2. The molecule has 1 saturated heterocycles. The summed E-state index contributed by atoms with van der Waals surface area (Å²) in [6.45, 7) is 4.58. The molecule has 0 saturated carbocycles. The van der Waals surface area contributed by atoms with Crippen LogP contribution in [0.25, 0.3) is 11.0 Å². The zero-order chi connectivity index (χ0) is 30.5. The van der Waals surface area contributed by atoms with Crippen LogP contribution in [0.3, 0.4) is 0 Å². The molecule has 2 N–H and O–H groups in total. The predicted octanol–water partition coefficient (Wildman–Crippen LogP) is 5.45. The molecule has 0 spiro atoms. The van der Waals surface area contributed by atoms with Gasteiger partial charge in [-0.25, -0.2) is 9.78 Å². The summed E-state index contributed by atoms with van der Waals surface area (Å²) in [7, 11) is 1.35. The van der Waals surface area contributed by atoms with Crippen molar-refractivity contribution in [3.63, 3.8) is 0 Å². The first kappa shape index (κ1) is 29.5. The number of carbonyl (C=O) groups is 2. The topological polar surface area (TPSA) is 113 Å². The molecule has 4 heterocycles. The number of aromatic nitrogens is 2. The number of esters is 1. The molecule has 10 nitrogen and oxygen atoms in total. The lowest BCUT2D eigenvalue weighted by Gasteiger charge is -2.14. The third-order valence-corrected chi connectivity index (χ3v) is 8.19. The normalized spacial score (nSPS) is 16.2. The van der Waals surface area contributed by atoms with Crippen LogP contribution in [-0.2, 0) is 33.7 Å². The van der Waals surface area contributed by atoms with Crippen molar-refractivity contribution >= 4 is 34.3 Å². The molecule has 0 aliphatic carbocycles. The van der Waals surface area contributed by atoms with Crippen molar-refractivity contribution in [2.45, 2.75) is 39.2 Å². The molecule has 2 aromatic heterocycles. The Labute approximate surface area is 256 Å². The van der Waals surface area contributed by atoms with Crippen LogP contribution in [0.4, 0.5) is 11.4 Å². The molecular formula is C34H38N4O6. The van der Waals surface area contributed by atoms with E-state index in [9.17, 15) is 9.59 Å². The van der Waals surface area contributed by atoms with Crippen LogP contribution in [0.15, 0.2) is 60.8 Å². The van der Waals surface area contributed by atoms with Gasteiger partial charge in [-0.3, -0.25) is 4.79 Å². The average molecular weight is 599 g/mol. The smallest absolute Gasteiger partial charge is 0.356 e. The second kappa shape index (κ2) is 13.4. The highest BCUT2D eigenvalue weighted by atomic mass is 16.7. The number of anilines is 2. The van der Waals surface area contributed by atoms with Crippen molar-refractivity contribution in [2.75, 3.05) is 44.3 Å². The van der Waals surface area contributed by atoms with Crippen molar-refractivity contribution in [3.8, 4) is 11.5 Å². The second-order valence-electron chi connectivity index (χ2n) is 11.5.